The number of carbonyl (C=O) groups excluding carboxylic acids is 2. The third kappa shape index (κ3) is 5.31. The van der Waals surface area contributed by atoms with Crippen molar-refractivity contribution < 1.29 is 14.1 Å². The molecule has 2 rings (SSSR count). The van der Waals surface area contributed by atoms with Crippen LogP contribution in [0.25, 0.3) is 0 Å². The summed E-state index contributed by atoms with van der Waals surface area (Å²) in [6.45, 7) is 8.06. The van der Waals surface area contributed by atoms with Gasteiger partial charge in [-0.05, 0) is 13.8 Å². The number of aromatic nitrogens is 1. The van der Waals surface area contributed by atoms with Crippen molar-refractivity contribution in [3.05, 3.63) is 17.5 Å². The number of aryl methyl sites for hydroxylation is 1. The van der Waals surface area contributed by atoms with E-state index in [1.807, 2.05) is 13.0 Å². The highest BCUT2D eigenvalue weighted by Crippen LogP contribution is 2.09. The van der Waals surface area contributed by atoms with Crippen LogP contribution < -0.4 is 5.32 Å². The Balaban J connectivity index is 1.70. The lowest BCUT2D eigenvalue weighted by atomic mass is 10.2. The number of amides is 2. The van der Waals surface area contributed by atoms with Crippen LogP contribution in [0.1, 0.15) is 18.4 Å². The molecule has 1 aliphatic rings. The van der Waals surface area contributed by atoms with Gasteiger partial charge in [0.25, 0.3) is 0 Å². The van der Waals surface area contributed by atoms with Gasteiger partial charge in [0.1, 0.15) is 6.04 Å². The van der Waals surface area contributed by atoms with E-state index in [0.717, 1.165) is 44.2 Å². The third-order valence-electron chi connectivity index (χ3n) is 4.08. The molecule has 0 aromatic carbocycles. The van der Waals surface area contributed by atoms with Crippen molar-refractivity contribution in [2.45, 2.75) is 26.4 Å². The van der Waals surface area contributed by atoms with Crippen LogP contribution in [-0.4, -0.2) is 84.5 Å². The van der Waals surface area contributed by atoms with Gasteiger partial charge >= 0.3 is 0 Å². The Labute approximate surface area is 142 Å². The highest BCUT2D eigenvalue weighted by Gasteiger charge is 2.22. The summed E-state index contributed by atoms with van der Waals surface area (Å²) in [6, 6.07) is 1.45. The van der Waals surface area contributed by atoms with Gasteiger partial charge in [0.2, 0.25) is 11.8 Å². The highest BCUT2D eigenvalue weighted by molar-refractivity contribution is 5.87. The van der Waals surface area contributed by atoms with Crippen LogP contribution in [0, 0.1) is 6.92 Å². The summed E-state index contributed by atoms with van der Waals surface area (Å²) in [7, 11) is 3.36. The standard InChI is InChI=1S/C16H27N5O3/c1-12-9-14(24-18-12)10-20-5-7-21(8-6-20)11-15(22)17-13(2)16(23)19(3)4/h9,13H,5-8,10-11H2,1-4H3,(H,17,22). The van der Waals surface area contributed by atoms with Crippen LogP contribution in [0.4, 0.5) is 0 Å². The molecule has 134 valence electrons. The van der Waals surface area contributed by atoms with E-state index >= 15 is 0 Å². The van der Waals surface area contributed by atoms with Crippen molar-refractivity contribution >= 4 is 11.8 Å². The second-order valence-corrected chi connectivity index (χ2v) is 6.51. The number of hydrogen-bond donors (Lipinski definition) is 1. The Morgan fingerprint density at radius 1 is 1.29 bits per heavy atom. The second kappa shape index (κ2) is 8.25. The van der Waals surface area contributed by atoms with Crippen molar-refractivity contribution in [3.8, 4) is 0 Å². The summed E-state index contributed by atoms with van der Waals surface area (Å²) >= 11 is 0. The van der Waals surface area contributed by atoms with Gasteiger partial charge in [0.05, 0.1) is 18.8 Å². The molecule has 0 bridgehead atoms. The molecule has 8 nitrogen and oxygen atoms in total. The minimum absolute atomic E-state index is 0.101. The number of rotatable bonds is 6. The van der Waals surface area contributed by atoms with Crippen LogP contribution in [0.3, 0.4) is 0 Å². The first-order valence-electron chi connectivity index (χ1n) is 8.22. The molecule has 1 fully saturated rings. The Morgan fingerprint density at radius 3 is 2.46 bits per heavy atom. The maximum atomic E-state index is 12.1. The number of hydrogen-bond acceptors (Lipinski definition) is 6. The molecule has 1 aromatic rings. The molecular formula is C16H27N5O3. The summed E-state index contributed by atoms with van der Waals surface area (Å²) in [5.41, 5.74) is 0.890. The fourth-order valence-corrected chi connectivity index (χ4v) is 2.76. The predicted molar refractivity (Wildman–Crippen MR) is 89.3 cm³/mol. The lowest BCUT2D eigenvalue weighted by Gasteiger charge is -2.33. The predicted octanol–water partition coefficient (Wildman–Crippen LogP) is -0.306. The Morgan fingerprint density at radius 2 is 1.92 bits per heavy atom. The van der Waals surface area contributed by atoms with E-state index in [9.17, 15) is 9.59 Å². The van der Waals surface area contributed by atoms with Gasteiger partial charge in [0, 0.05) is 46.3 Å². The number of nitrogens with zero attached hydrogens (tertiary/aromatic N) is 4. The van der Waals surface area contributed by atoms with Crippen LogP contribution in [0.5, 0.6) is 0 Å². The first-order chi connectivity index (χ1) is 11.3. The zero-order valence-corrected chi connectivity index (χ0v) is 14.9. The fraction of sp³-hybridized carbons (Fsp3) is 0.688. The smallest absolute Gasteiger partial charge is 0.244 e. The average molecular weight is 337 g/mol. The van der Waals surface area contributed by atoms with Gasteiger partial charge in [-0.1, -0.05) is 5.16 Å². The molecule has 1 atom stereocenters. The quantitative estimate of drug-likeness (QED) is 0.767. The molecule has 1 aromatic heterocycles. The average Bonchev–Trinajstić information content (AvgIpc) is 2.93. The Hall–Kier alpha value is -1.93. The first-order valence-corrected chi connectivity index (χ1v) is 8.22. The zero-order valence-electron chi connectivity index (χ0n) is 14.9. The minimum Gasteiger partial charge on any atom is -0.360 e. The van der Waals surface area contributed by atoms with E-state index < -0.39 is 6.04 Å². The lowest BCUT2D eigenvalue weighted by Crippen LogP contribution is -2.51. The summed E-state index contributed by atoms with van der Waals surface area (Å²) in [5.74, 6) is 0.655. The molecule has 0 radical (unpaired) electrons. The first kappa shape index (κ1) is 18.4. The molecule has 1 saturated heterocycles. The van der Waals surface area contributed by atoms with Crippen molar-refractivity contribution in [2.24, 2.45) is 0 Å². The fourth-order valence-electron chi connectivity index (χ4n) is 2.76. The van der Waals surface area contributed by atoms with Gasteiger partial charge in [0.15, 0.2) is 5.76 Å². The molecule has 1 unspecified atom stereocenters. The van der Waals surface area contributed by atoms with E-state index in [0.29, 0.717) is 6.54 Å². The molecule has 0 spiro atoms. The zero-order chi connectivity index (χ0) is 17.7. The van der Waals surface area contributed by atoms with E-state index in [2.05, 4.69) is 20.3 Å². The molecule has 0 saturated carbocycles. The van der Waals surface area contributed by atoms with Crippen molar-refractivity contribution in [3.63, 3.8) is 0 Å². The largest absolute Gasteiger partial charge is 0.360 e. The molecule has 1 aliphatic heterocycles. The van der Waals surface area contributed by atoms with E-state index in [-0.39, 0.29) is 11.8 Å². The normalized spacial score (nSPS) is 17.5. The molecule has 0 aliphatic carbocycles. The number of piperazine rings is 1. The van der Waals surface area contributed by atoms with Crippen molar-refractivity contribution in [1.29, 1.82) is 0 Å². The molecular weight excluding hydrogens is 310 g/mol. The summed E-state index contributed by atoms with van der Waals surface area (Å²) in [4.78, 5) is 29.7. The summed E-state index contributed by atoms with van der Waals surface area (Å²) in [5, 5.41) is 6.65. The Kier molecular flexibility index (Phi) is 6.33. The molecule has 24 heavy (non-hydrogen) atoms. The molecule has 1 N–H and O–H groups in total. The third-order valence-corrected chi connectivity index (χ3v) is 4.08. The van der Waals surface area contributed by atoms with Crippen LogP contribution in [0.15, 0.2) is 10.6 Å². The topological polar surface area (TPSA) is 81.9 Å². The SMILES string of the molecule is Cc1cc(CN2CCN(CC(=O)NC(C)C(=O)N(C)C)CC2)on1. The van der Waals surface area contributed by atoms with Crippen LogP contribution in [-0.2, 0) is 16.1 Å². The number of carbonyl (C=O) groups is 2. The van der Waals surface area contributed by atoms with E-state index in [1.54, 1.807) is 21.0 Å². The van der Waals surface area contributed by atoms with Gasteiger partial charge in [-0.3, -0.25) is 19.4 Å². The summed E-state index contributed by atoms with van der Waals surface area (Å²) < 4.78 is 5.24. The number of likely N-dealkylation sites (N-methyl/N-ethyl adjacent to an activating group) is 1. The molecule has 2 heterocycles. The minimum atomic E-state index is -0.497. The lowest BCUT2D eigenvalue weighted by molar-refractivity contribution is -0.134. The molecule has 2 amide bonds. The van der Waals surface area contributed by atoms with Crippen LogP contribution >= 0.6 is 0 Å². The van der Waals surface area contributed by atoms with E-state index in [4.69, 9.17) is 4.52 Å². The van der Waals surface area contributed by atoms with E-state index in [1.165, 1.54) is 4.90 Å². The molecule has 8 heteroatoms. The van der Waals surface area contributed by atoms with Crippen molar-refractivity contribution in [1.82, 2.24) is 25.2 Å². The monoisotopic (exact) mass is 337 g/mol. The van der Waals surface area contributed by atoms with Gasteiger partial charge in [-0.2, -0.15) is 0 Å². The maximum Gasteiger partial charge on any atom is 0.244 e. The van der Waals surface area contributed by atoms with Gasteiger partial charge in [-0.25, -0.2) is 0 Å². The summed E-state index contributed by atoms with van der Waals surface area (Å²) in [6.07, 6.45) is 0. The Bertz CT molecular complexity index is 564. The highest BCUT2D eigenvalue weighted by atomic mass is 16.5. The van der Waals surface area contributed by atoms with Gasteiger partial charge in [-0.15, -0.1) is 0 Å². The van der Waals surface area contributed by atoms with Gasteiger partial charge < -0.3 is 14.7 Å². The number of nitrogens with one attached hydrogen (secondary N) is 1. The maximum absolute atomic E-state index is 12.1. The van der Waals surface area contributed by atoms with Crippen molar-refractivity contribution in [2.75, 3.05) is 46.8 Å². The van der Waals surface area contributed by atoms with Crippen LogP contribution in [0.2, 0.25) is 0 Å². The second-order valence-electron chi connectivity index (χ2n) is 6.51.